The summed E-state index contributed by atoms with van der Waals surface area (Å²) < 4.78 is 0. The van der Waals surface area contributed by atoms with Crippen LogP contribution in [0.3, 0.4) is 0 Å². The molecule has 0 saturated heterocycles. The van der Waals surface area contributed by atoms with Crippen LogP contribution < -0.4 is 5.48 Å². The molecule has 0 aliphatic heterocycles. The lowest BCUT2D eigenvalue weighted by Crippen LogP contribution is -2.77. The van der Waals surface area contributed by atoms with Crippen LogP contribution in [0.2, 0.25) is 0 Å². The molecule has 0 radical (unpaired) electrons. The van der Waals surface area contributed by atoms with E-state index in [1.165, 1.54) is 31.4 Å². The number of hydroxylamine groups is 1. The van der Waals surface area contributed by atoms with Crippen molar-refractivity contribution in [1.29, 1.82) is 0 Å². The Hall–Kier alpha value is 0.270. The molecular formula is C8H19NOS. The Bertz CT molecular complexity index is 63.1. The summed E-state index contributed by atoms with van der Waals surface area (Å²) in [6, 6.07) is 0. The third kappa shape index (κ3) is 10.3. The summed E-state index contributed by atoms with van der Waals surface area (Å²) >= 11 is 1.91. The Balaban J connectivity index is 2.69. The van der Waals surface area contributed by atoms with Gasteiger partial charge in [0.15, 0.2) is 0 Å². The highest BCUT2D eigenvalue weighted by Gasteiger charge is 1.89. The van der Waals surface area contributed by atoms with Crippen LogP contribution in [0.1, 0.15) is 32.1 Å². The van der Waals surface area contributed by atoms with Crippen molar-refractivity contribution in [1.82, 2.24) is 0 Å². The second-order valence-corrected chi connectivity index (χ2v) is 3.70. The van der Waals surface area contributed by atoms with Crippen LogP contribution in [0.15, 0.2) is 0 Å². The molecule has 2 N–H and O–H groups in total. The SMILES string of the molecule is CSCCCCCCC[NH2+][O-]. The van der Waals surface area contributed by atoms with Gasteiger partial charge in [0.05, 0.1) is 6.54 Å². The van der Waals surface area contributed by atoms with Crippen LogP contribution in [-0.4, -0.2) is 18.6 Å². The first-order chi connectivity index (χ1) is 5.41. The summed E-state index contributed by atoms with van der Waals surface area (Å²) in [4.78, 5) is 0. The molecule has 0 fully saturated rings. The van der Waals surface area contributed by atoms with E-state index in [1.807, 2.05) is 11.8 Å². The summed E-state index contributed by atoms with van der Waals surface area (Å²) in [7, 11) is 0. The van der Waals surface area contributed by atoms with E-state index in [0.717, 1.165) is 18.4 Å². The first-order valence-electron chi connectivity index (χ1n) is 4.34. The predicted molar refractivity (Wildman–Crippen MR) is 51.6 cm³/mol. The van der Waals surface area contributed by atoms with Gasteiger partial charge in [-0.05, 0) is 31.3 Å². The number of unbranched alkanes of at least 4 members (excludes halogenated alkanes) is 4. The molecule has 0 saturated carbocycles. The van der Waals surface area contributed by atoms with Gasteiger partial charge >= 0.3 is 0 Å². The van der Waals surface area contributed by atoms with Gasteiger partial charge in [-0.15, -0.1) is 0 Å². The van der Waals surface area contributed by atoms with Crippen molar-refractivity contribution in [3.63, 3.8) is 0 Å². The second-order valence-electron chi connectivity index (χ2n) is 2.72. The molecule has 68 valence electrons. The van der Waals surface area contributed by atoms with Gasteiger partial charge < -0.3 is 10.7 Å². The van der Waals surface area contributed by atoms with Crippen LogP contribution >= 0.6 is 11.8 Å². The Labute approximate surface area is 73.7 Å². The average Bonchev–Trinajstić information content (AvgIpc) is 2.03. The Morgan fingerprint density at radius 2 is 1.73 bits per heavy atom. The van der Waals surface area contributed by atoms with Gasteiger partial charge in [0, 0.05) is 0 Å². The number of thioether (sulfide) groups is 1. The summed E-state index contributed by atoms with van der Waals surface area (Å²) in [5.74, 6) is 1.29. The zero-order valence-electron chi connectivity index (χ0n) is 7.34. The monoisotopic (exact) mass is 177 g/mol. The minimum atomic E-state index is 0.753. The van der Waals surface area contributed by atoms with E-state index in [0.29, 0.717) is 0 Å². The second kappa shape index (κ2) is 10.3. The maximum atomic E-state index is 9.94. The molecule has 0 bridgehead atoms. The molecule has 0 aromatic carbocycles. The third-order valence-electron chi connectivity index (χ3n) is 1.67. The quantitative estimate of drug-likeness (QED) is 0.449. The largest absolute Gasteiger partial charge is 0.636 e. The van der Waals surface area contributed by atoms with Gasteiger partial charge in [0.1, 0.15) is 0 Å². The molecule has 0 atom stereocenters. The molecule has 0 aliphatic rings. The maximum Gasteiger partial charge on any atom is 0.0752 e. The Morgan fingerprint density at radius 3 is 2.36 bits per heavy atom. The Kier molecular flexibility index (Phi) is 10.5. The van der Waals surface area contributed by atoms with Crippen molar-refractivity contribution in [2.75, 3.05) is 18.6 Å². The molecule has 0 amide bonds. The lowest BCUT2D eigenvalue weighted by atomic mass is 10.2. The number of rotatable bonds is 8. The number of hydrogen-bond donors (Lipinski definition) is 1. The average molecular weight is 177 g/mol. The van der Waals surface area contributed by atoms with Crippen molar-refractivity contribution >= 4 is 11.8 Å². The standard InChI is InChI=1S/C8H19NOS/c1-11-8-6-4-2-3-5-7-9-10/h2-9H2,1H3. The molecule has 2 nitrogen and oxygen atoms in total. The molecule has 0 unspecified atom stereocenters. The molecule has 0 aromatic rings. The normalized spacial score (nSPS) is 10.4. The van der Waals surface area contributed by atoms with E-state index in [4.69, 9.17) is 0 Å². The molecule has 11 heavy (non-hydrogen) atoms. The van der Waals surface area contributed by atoms with Crippen LogP contribution in [0.4, 0.5) is 0 Å². The van der Waals surface area contributed by atoms with Crippen molar-refractivity contribution in [2.24, 2.45) is 0 Å². The van der Waals surface area contributed by atoms with Gasteiger partial charge in [-0.1, -0.05) is 12.8 Å². The fourth-order valence-corrected chi connectivity index (χ4v) is 1.50. The van der Waals surface area contributed by atoms with Crippen LogP contribution in [0.25, 0.3) is 0 Å². The van der Waals surface area contributed by atoms with E-state index in [-0.39, 0.29) is 0 Å². The molecular weight excluding hydrogens is 158 g/mol. The van der Waals surface area contributed by atoms with Crippen molar-refractivity contribution < 1.29 is 5.48 Å². The van der Waals surface area contributed by atoms with E-state index < -0.39 is 0 Å². The van der Waals surface area contributed by atoms with E-state index in [9.17, 15) is 5.21 Å². The summed E-state index contributed by atoms with van der Waals surface area (Å²) in [6.45, 7) is 0.753. The molecule has 0 aliphatic carbocycles. The van der Waals surface area contributed by atoms with E-state index in [2.05, 4.69) is 6.26 Å². The van der Waals surface area contributed by atoms with Crippen molar-refractivity contribution in [3.8, 4) is 0 Å². The van der Waals surface area contributed by atoms with Crippen LogP contribution in [0, 0.1) is 5.21 Å². The minimum Gasteiger partial charge on any atom is -0.636 e. The number of quaternary nitrogens is 1. The first-order valence-corrected chi connectivity index (χ1v) is 5.73. The van der Waals surface area contributed by atoms with Crippen LogP contribution in [0.5, 0.6) is 0 Å². The zero-order valence-corrected chi connectivity index (χ0v) is 8.16. The highest BCUT2D eigenvalue weighted by Crippen LogP contribution is 2.05. The van der Waals surface area contributed by atoms with Gasteiger partial charge in [-0.2, -0.15) is 11.8 Å². The van der Waals surface area contributed by atoms with E-state index >= 15 is 0 Å². The van der Waals surface area contributed by atoms with E-state index in [1.54, 1.807) is 0 Å². The van der Waals surface area contributed by atoms with Crippen LogP contribution in [-0.2, 0) is 0 Å². The zero-order chi connectivity index (χ0) is 8.36. The molecule has 0 aromatic heterocycles. The topological polar surface area (TPSA) is 39.7 Å². The highest BCUT2D eigenvalue weighted by molar-refractivity contribution is 7.98. The smallest absolute Gasteiger partial charge is 0.0752 e. The minimum absolute atomic E-state index is 0.753. The summed E-state index contributed by atoms with van der Waals surface area (Å²) in [5, 5.41) is 9.94. The molecule has 0 spiro atoms. The maximum absolute atomic E-state index is 9.94. The Morgan fingerprint density at radius 1 is 1.09 bits per heavy atom. The lowest BCUT2D eigenvalue weighted by Gasteiger charge is -2.01. The molecule has 3 heteroatoms. The van der Waals surface area contributed by atoms with Crippen molar-refractivity contribution in [3.05, 3.63) is 5.21 Å². The number of nitrogens with two attached hydrogens (primary N) is 1. The van der Waals surface area contributed by atoms with Gasteiger partial charge in [0.25, 0.3) is 0 Å². The fourth-order valence-electron chi connectivity index (χ4n) is 1.00. The fraction of sp³-hybridized carbons (Fsp3) is 1.00. The summed E-state index contributed by atoms with van der Waals surface area (Å²) in [6.07, 6.45) is 8.43. The summed E-state index contributed by atoms with van der Waals surface area (Å²) in [5.41, 5.74) is 1.02. The van der Waals surface area contributed by atoms with Gasteiger partial charge in [-0.3, -0.25) is 0 Å². The number of hydrogen-bond acceptors (Lipinski definition) is 2. The third-order valence-corrected chi connectivity index (χ3v) is 2.37. The van der Waals surface area contributed by atoms with Gasteiger partial charge in [-0.25, -0.2) is 0 Å². The highest BCUT2D eigenvalue weighted by atomic mass is 32.2. The predicted octanol–water partition coefficient (Wildman–Crippen LogP) is 1.36. The lowest BCUT2D eigenvalue weighted by molar-refractivity contribution is -0.589. The molecule has 0 rings (SSSR count). The molecule has 0 heterocycles. The first kappa shape index (κ1) is 11.3. The van der Waals surface area contributed by atoms with Crippen molar-refractivity contribution in [2.45, 2.75) is 32.1 Å². The van der Waals surface area contributed by atoms with Gasteiger partial charge in [0.2, 0.25) is 0 Å².